The molecule has 8 heteroatoms. The average Bonchev–Trinajstić information content (AvgIpc) is 3.10. The molecule has 3 rings (SSSR count). The lowest BCUT2D eigenvalue weighted by Gasteiger charge is -2.24. The van der Waals surface area contributed by atoms with Gasteiger partial charge in [-0.1, -0.05) is 0 Å². The lowest BCUT2D eigenvalue weighted by molar-refractivity contribution is 0.349. The van der Waals surface area contributed by atoms with Gasteiger partial charge in [0.2, 0.25) is 10.0 Å². The first-order valence-electron chi connectivity index (χ1n) is 7.08. The van der Waals surface area contributed by atoms with E-state index < -0.39 is 15.8 Å². The Morgan fingerprint density at radius 3 is 2.91 bits per heavy atom. The van der Waals surface area contributed by atoms with E-state index in [9.17, 15) is 12.8 Å². The fraction of sp³-hybridized carbons (Fsp3) is 0.429. The number of halogens is 1. The van der Waals surface area contributed by atoms with Crippen LogP contribution in [0, 0.1) is 12.7 Å². The van der Waals surface area contributed by atoms with E-state index in [0.717, 1.165) is 30.9 Å². The van der Waals surface area contributed by atoms with Crippen LogP contribution in [-0.4, -0.2) is 39.8 Å². The van der Waals surface area contributed by atoms with Gasteiger partial charge in [0, 0.05) is 37.7 Å². The van der Waals surface area contributed by atoms with Crippen molar-refractivity contribution in [3.8, 4) is 0 Å². The Morgan fingerprint density at radius 1 is 1.41 bits per heavy atom. The molecule has 0 saturated carbocycles. The van der Waals surface area contributed by atoms with Crippen molar-refractivity contribution in [2.45, 2.75) is 37.2 Å². The van der Waals surface area contributed by atoms with Gasteiger partial charge in [0.05, 0.1) is 6.20 Å². The van der Waals surface area contributed by atoms with Gasteiger partial charge in [-0.3, -0.25) is 4.98 Å². The Kier molecular flexibility index (Phi) is 3.96. The number of aryl methyl sites for hydroxylation is 1. The smallest absolute Gasteiger partial charge is 0.245 e. The van der Waals surface area contributed by atoms with Gasteiger partial charge in [0.1, 0.15) is 16.5 Å². The predicted molar refractivity (Wildman–Crippen MR) is 78.1 cm³/mol. The number of hydrogen-bond donors (Lipinski definition) is 0. The Hall–Kier alpha value is -1.80. The van der Waals surface area contributed by atoms with Crippen molar-refractivity contribution in [1.29, 1.82) is 0 Å². The molecule has 0 aliphatic carbocycles. The summed E-state index contributed by atoms with van der Waals surface area (Å²) in [7, 11) is -3.73. The highest BCUT2D eigenvalue weighted by molar-refractivity contribution is 7.89. The lowest BCUT2D eigenvalue weighted by Crippen LogP contribution is -2.38. The highest BCUT2D eigenvalue weighted by Gasteiger charge is 2.35. The second-order valence-corrected chi connectivity index (χ2v) is 7.27. The van der Waals surface area contributed by atoms with Crippen LogP contribution in [0.5, 0.6) is 0 Å². The van der Waals surface area contributed by atoms with Gasteiger partial charge in [0.25, 0.3) is 0 Å². The standard InChI is InChI=1S/C14H17FN4O2S/c1-11-17-4-6-18(11)10-13-3-2-5-19(13)22(20,21)14-7-12(15)8-16-9-14/h4,6-9,13H,2-3,5,10H2,1H3/t13-/m1/s1. The summed E-state index contributed by atoms with van der Waals surface area (Å²) >= 11 is 0. The first kappa shape index (κ1) is 15.1. The number of aromatic nitrogens is 3. The lowest BCUT2D eigenvalue weighted by atomic mass is 10.2. The number of nitrogens with zero attached hydrogens (tertiary/aromatic N) is 4. The zero-order valence-corrected chi connectivity index (χ0v) is 13.0. The molecule has 1 fully saturated rings. The number of pyridine rings is 1. The normalized spacial score (nSPS) is 19.6. The molecule has 1 atom stereocenters. The first-order valence-corrected chi connectivity index (χ1v) is 8.52. The monoisotopic (exact) mass is 324 g/mol. The van der Waals surface area contributed by atoms with Gasteiger partial charge in [0.15, 0.2) is 0 Å². The molecule has 3 heterocycles. The molecule has 0 amide bonds. The fourth-order valence-electron chi connectivity index (χ4n) is 2.80. The van der Waals surface area contributed by atoms with Gasteiger partial charge < -0.3 is 4.57 Å². The fourth-order valence-corrected chi connectivity index (χ4v) is 4.46. The molecule has 22 heavy (non-hydrogen) atoms. The summed E-state index contributed by atoms with van der Waals surface area (Å²) in [6.45, 7) is 2.87. The van der Waals surface area contributed by atoms with Crippen LogP contribution >= 0.6 is 0 Å². The van der Waals surface area contributed by atoms with Gasteiger partial charge in [-0.2, -0.15) is 4.31 Å². The van der Waals surface area contributed by atoms with Crippen LogP contribution in [0.25, 0.3) is 0 Å². The molecule has 118 valence electrons. The van der Waals surface area contributed by atoms with E-state index in [2.05, 4.69) is 9.97 Å². The third-order valence-corrected chi connectivity index (χ3v) is 5.86. The van der Waals surface area contributed by atoms with Crippen molar-refractivity contribution < 1.29 is 12.8 Å². The van der Waals surface area contributed by atoms with Gasteiger partial charge >= 0.3 is 0 Å². The Morgan fingerprint density at radius 2 is 2.23 bits per heavy atom. The van der Waals surface area contributed by atoms with Crippen LogP contribution in [0.4, 0.5) is 4.39 Å². The Balaban J connectivity index is 1.87. The third-order valence-electron chi connectivity index (χ3n) is 3.94. The van der Waals surface area contributed by atoms with Crippen molar-refractivity contribution in [3.05, 3.63) is 42.5 Å². The van der Waals surface area contributed by atoms with Gasteiger partial charge in [-0.15, -0.1) is 0 Å². The number of rotatable bonds is 4. The molecule has 1 saturated heterocycles. The summed E-state index contributed by atoms with van der Waals surface area (Å²) in [5.74, 6) is 0.193. The first-order chi connectivity index (χ1) is 10.5. The average molecular weight is 324 g/mol. The summed E-state index contributed by atoms with van der Waals surface area (Å²) in [6, 6.07) is 0.862. The van der Waals surface area contributed by atoms with E-state index in [0.29, 0.717) is 13.1 Å². The number of hydrogen-bond acceptors (Lipinski definition) is 4. The summed E-state index contributed by atoms with van der Waals surface area (Å²) in [5, 5.41) is 0. The van der Waals surface area contributed by atoms with Crippen LogP contribution in [-0.2, 0) is 16.6 Å². The van der Waals surface area contributed by atoms with Crippen LogP contribution in [0.1, 0.15) is 18.7 Å². The molecular weight excluding hydrogens is 307 g/mol. The van der Waals surface area contributed by atoms with E-state index in [1.54, 1.807) is 6.20 Å². The van der Waals surface area contributed by atoms with Crippen molar-refractivity contribution in [3.63, 3.8) is 0 Å². The molecule has 6 nitrogen and oxygen atoms in total. The molecule has 2 aromatic rings. The Bertz CT molecular complexity index is 775. The topological polar surface area (TPSA) is 68.1 Å². The molecule has 0 spiro atoms. The maximum atomic E-state index is 13.3. The highest BCUT2D eigenvalue weighted by Crippen LogP contribution is 2.27. The second kappa shape index (κ2) is 5.77. The number of sulfonamides is 1. The minimum Gasteiger partial charge on any atom is -0.334 e. The second-order valence-electron chi connectivity index (χ2n) is 5.38. The molecule has 0 unspecified atom stereocenters. The van der Waals surface area contributed by atoms with Crippen LogP contribution < -0.4 is 0 Å². The Labute approximate surface area is 128 Å². The molecule has 0 radical (unpaired) electrons. The van der Waals surface area contributed by atoms with Gasteiger partial charge in [-0.05, 0) is 25.8 Å². The van der Waals surface area contributed by atoms with E-state index in [1.807, 2.05) is 17.7 Å². The van der Waals surface area contributed by atoms with Crippen LogP contribution in [0.2, 0.25) is 0 Å². The summed E-state index contributed by atoms with van der Waals surface area (Å²) in [4.78, 5) is 7.70. The maximum absolute atomic E-state index is 13.3. The summed E-state index contributed by atoms with van der Waals surface area (Å²) < 4.78 is 42.1. The minimum absolute atomic E-state index is 0.0956. The summed E-state index contributed by atoms with van der Waals surface area (Å²) in [6.07, 6.45) is 7.29. The van der Waals surface area contributed by atoms with Crippen molar-refractivity contribution >= 4 is 10.0 Å². The van der Waals surface area contributed by atoms with E-state index in [-0.39, 0.29) is 10.9 Å². The third kappa shape index (κ3) is 2.76. The molecular formula is C14H17FN4O2S. The number of imidazole rings is 1. The molecule has 0 bridgehead atoms. The SMILES string of the molecule is Cc1nccn1C[C@H]1CCCN1S(=O)(=O)c1cncc(F)c1. The van der Waals surface area contributed by atoms with E-state index in [1.165, 1.54) is 10.5 Å². The quantitative estimate of drug-likeness (QED) is 0.856. The highest BCUT2D eigenvalue weighted by atomic mass is 32.2. The van der Waals surface area contributed by atoms with Crippen LogP contribution in [0.15, 0.2) is 35.7 Å². The van der Waals surface area contributed by atoms with E-state index >= 15 is 0 Å². The van der Waals surface area contributed by atoms with Crippen LogP contribution in [0.3, 0.4) is 0 Å². The molecule has 0 N–H and O–H groups in total. The predicted octanol–water partition coefficient (Wildman–Crippen LogP) is 1.58. The summed E-state index contributed by atoms with van der Waals surface area (Å²) in [5.41, 5.74) is 0. The van der Waals surface area contributed by atoms with Crippen molar-refractivity contribution in [2.75, 3.05) is 6.54 Å². The van der Waals surface area contributed by atoms with Crippen molar-refractivity contribution in [1.82, 2.24) is 18.8 Å². The molecule has 0 aromatic carbocycles. The molecule has 1 aliphatic heterocycles. The molecule has 1 aliphatic rings. The van der Waals surface area contributed by atoms with E-state index in [4.69, 9.17) is 0 Å². The zero-order valence-electron chi connectivity index (χ0n) is 12.2. The maximum Gasteiger partial charge on any atom is 0.245 e. The molecule has 2 aromatic heterocycles. The zero-order chi connectivity index (χ0) is 15.7. The largest absolute Gasteiger partial charge is 0.334 e. The van der Waals surface area contributed by atoms with Crippen molar-refractivity contribution in [2.24, 2.45) is 0 Å². The minimum atomic E-state index is -3.73. The van der Waals surface area contributed by atoms with Gasteiger partial charge in [-0.25, -0.2) is 17.8 Å².